The van der Waals surface area contributed by atoms with Crippen LogP contribution in [0.1, 0.15) is 92.9 Å². The Morgan fingerprint density at radius 3 is 2.18 bits per heavy atom. The summed E-state index contributed by atoms with van der Waals surface area (Å²) in [5.74, 6) is 2.30. The number of allylic oxidation sites excluding steroid dienone is 1. The van der Waals surface area contributed by atoms with E-state index in [4.69, 9.17) is 28.4 Å². The smallest absolute Gasteiger partial charge is 0.187 e. The molecule has 0 bridgehead atoms. The molecule has 6 N–H and O–H groups in total. The maximum Gasteiger partial charge on any atom is 0.187 e. The third-order valence-corrected chi connectivity index (χ3v) is 15.6. The zero-order valence-electron chi connectivity index (χ0n) is 31.0. The summed E-state index contributed by atoms with van der Waals surface area (Å²) in [6.45, 7) is 13.3. The molecule has 1 spiro atoms. The standard InChI is InChI=1S/C39H62O12/c1-17-9-12-39(46-16-17)18(2)28-26(51-39)15-25-23-8-7-21-13-22(14-27(40)38(21,6)24(23)10-11-37(25,28)5)49-36-34(32(44)30(42)20(4)48-36)50-35-33(45)31(43)29(41)19(3)47-35/h7,17-20,22-36,40-45H,8-16H2,1-6H3/t17-,18+,19-,20-,22+,23-,24+,25+,26-,27+,28-,29+,30+,31-,32-,33-,34+,35+,36+,37-,38-,39-/m1/s1. The van der Waals surface area contributed by atoms with E-state index in [1.54, 1.807) is 13.8 Å². The summed E-state index contributed by atoms with van der Waals surface area (Å²) >= 11 is 0. The quantitative estimate of drug-likeness (QED) is 0.234. The fourth-order valence-corrected chi connectivity index (χ4v) is 12.5. The molecule has 4 saturated heterocycles. The van der Waals surface area contributed by atoms with Gasteiger partial charge in [-0.15, -0.1) is 0 Å². The van der Waals surface area contributed by atoms with Crippen LogP contribution in [-0.2, 0) is 28.4 Å². The van der Waals surface area contributed by atoms with Crippen LogP contribution in [-0.4, -0.2) is 123 Å². The van der Waals surface area contributed by atoms with E-state index in [2.05, 4.69) is 33.8 Å². The lowest BCUT2D eigenvalue weighted by atomic mass is 9.46. The highest BCUT2D eigenvalue weighted by Crippen LogP contribution is 2.70. The predicted octanol–water partition coefficient (Wildman–Crippen LogP) is 2.39. The first kappa shape index (κ1) is 37.2. The molecular formula is C39H62O12. The Morgan fingerprint density at radius 1 is 0.765 bits per heavy atom. The third kappa shape index (κ3) is 5.67. The van der Waals surface area contributed by atoms with Gasteiger partial charge in [0.2, 0.25) is 0 Å². The van der Waals surface area contributed by atoms with E-state index >= 15 is 0 Å². The van der Waals surface area contributed by atoms with Crippen LogP contribution in [0, 0.1) is 46.3 Å². The minimum atomic E-state index is -1.60. The van der Waals surface area contributed by atoms with Crippen molar-refractivity contribution in [3.05, 3.63) is 11.6 Å². The van der Waals surface area contributed by atoms with E-state index in [9.17, 15) is 30.6 Å². The van der Waals surface area contributed by atoms with Gasteiger partial charge in [-0.05, 0) is 87.4 Å². The van der Waals surface area contributed by atoms with Gasteiger partial charge in [-0.3, -0.25) is 0 Å². The van der Waals surface area contributed by atoms with Crippen molar-refractivity contribution in [1.82, 2.24) is 0 Å². The van der Waals surface area contributed by atoms with Gasteiger partial charge >= 0.3 is 0 Å². The molecule has 12 nitrogen and oxygen atoms in total. The molecule has 4 aliphatic heterocycles. The molecule has 3 saturated carbocycles. The van der Waals surface area contributed by atoms with E-state index in [-0.39, 0.29) is 11.5 Å². The molecule has 290 valence electrons. The highest BCUT2D eigenvalue weighted by atomic mass is 16.8. The van der Waals surface area contributed by atoms with Gasteiger partial charge in [-0.1, -0.05) is 39.3 Å². The van der Waals surface area contributed by atoms with Crippen LogP contribution in [0.25, 0.3) is 0 Å². The number of fused-ring (bicyclic) bond motifs is 7. The molecule has 51 heavy (non-hydrogen) atoms. The summed E-state index contributed by atoms with van der Waals surface area (Å²) in [5, 5.41) is 65.0. The average molecular weight is 723 g/mol. The SMILES string of the molecule is C[C@@H]1CC[C@@]2(OC1)O[C@@H]1C[C@H]3[C@@H]4CC=C5C[C@H](O[C@@H]6O[C@H](C)[C@H](O)[C@@H](O)[C@@H]6O[C@@H]6O[C@H](C)[C@H](O)[C@@H](O)[C@H]6O)C[C@H](O)[C@@]5(C)[C@H]4CC[C@@]3(C)[C@@H]1[C@@H]2C. The maximum absolute atomic E-state index is 12.1. The van der Waals surface area contributed by atoms with Crippen molar-refractivity contribution >= 4 is 0 Å². The number of hydrogen-bond acceptors (Lipinski definition) is 12. The van der Waals surface area contributed by atoms with Crippen molar-refractivity contribution in [3.8, 4) is 0 Å². The fraction of sp³-hybridized carbons (Fsp3) is 0.949. The molecule has 8 aliphatic rings. The van der Waals surface area contributed by atoms with Crippen molar-refractivity contribution in [2.45, 2.75) is 178 Å². The summed E-state index contributed by atoms with van der Waals surface area (Å²) in [4.78, 5) is 0. The van der Waals surface area contributed by atoms with Crippen LogP contribution in [0.4, 0.5) is 0 Å². The van der Waals surface area contributed by atoms with Crippen LogP contribution < -0.4 is 0 Å². The normalized spacial score (nSPS) is 59.8. The first-order valence-electron chi connectivity index (χ1n) is 19.8. The van der Waals surface area contributed by atoms with Crippen molar-refractivity contribution in [1.29, 1.82) is 0 Å². The lowest BCUT2D eigenvalue weighted by Crippen LogP contribution is -2.64. The van der Waals surface area contributed by atoms with E-state index in [0.29, 0.717) is 48.3 Å². The van der Waals surface area contributed by atoms with Gasteiger partial charge in [-0.25, -0.2) is 0 Å². The van der Waals surface area contributed by atoms with Crippen molar-refractivity contribution < 1.29 is 59.1 Å². The molecule has 7 fully saturated rings. The van der Waals surface area contributed by atoms with E-state index in [1.165, 1.54) is 5.57 Å². The lowest BCUT2D eigenvalue weighted by Gasteiger charge is -2.60. The molecule has 4 aliphatic carbocycles. The predicted molar refractivity (Wildman–Crippen MR) is 182 cm³/mol. The number of aliphatic hydroxyl groups excluding tert-OH is 6. The van der Waals surface area contributed by atoms with E-state index < -0.39 is 84.8 Å². The molecule has 0 amide bonds. The molecule has 0 aromatic heterocycles. The second-order valence-electron chi connectivity index (χ2n) is 18.3. The van der Waals surface area contributed by atoms with Crippen LogP contribution in [0.2, 0.25) is 0 Å². The van der Waals surface area contributed by atoms with E-state index in [0.717, 1.165) is 45.1 Å². The molecule has 0 aromatic carbocycles. The topological polar surface area (TPSA) is 177 Å². The molecule has 4 heterocycles. The summed E-state index contributed by atoms with van der Waals surface area (Å²) in [7, 11) is 0. The molecule has 22 atom stereocenters. The average Bonchev–Trinajstić information content (AvgIpc) is 3.54. The van der Waals surface area contributed by atoms with Crippen LogP contribution in [0.3, 0.4) is 0 Å². The van der Waals surface area contributed by atoms with Gasteiger partial charge in [0, 0.05) is 24.2 Å². The Morgan fingerprint density at radius 2 is 1.47 bits per heavy atom. The Labute approximate surface area is 301 Å². The third-order valence-electron chi connectivity index (χ3n) is 15.6. The van der Waals surface area contributed by atoms with Gasteiger partial charge in [0.1, 0.15) is 36.6 Å². The van der Waals surface area contributed by atoms with Gasteiger partial charge < -0.3 is 59.1 Å². The van der Waals surface area contributed by atoms with Gasteiger partial charge in [0.25, 0.3) is 0 Å². The van der Waals surface area contributed by atoms with Gasteiger partial charge in [-0.2, -0.15) is 0 Å². The largest absolute Gasteiger partial charge is 0.392 e. The number of hydrogen-bond donors (Lipinski definition) is 6. The van der Waals surface area contributed by atoms with Crippen LogP contribution in [0.15, 0.2) is 11.6 Å². The summed E-state index contributed by atoms with van der Waals surface area (Å²) in [6, 6.07) is 0. The highest BCUT2D eigenvalue weighted by molar-refractivity contribution is 5.28. The first-order chi connectivity index (χ1) is 24.1. The fourth-order valence-electron chi connectivity index (χ4n) is 12.5. The monoisotopic (exact) mass is 722 g/mol. The van der Waals surface area contributed by atoms with Gasteiger partial charge in [0.15, 0.2) is 18.4 Å². The van der Waals surface area contributed by atoms with Crippen molar-refractivity contribution in [2.24, 2.45) is 46.3 Å². The zero-order valence-corrected chi connectivity index (χ0v) is 31.0. The first-order valence-corrected chi connectivity index (χ1v) is 19.8. The number of rotatable bonds is 4. The van der Waals surface area contributed by atoms with Gasteiger partial charge in [0.05, 0.1) is 37.1 Å². The Kier molecular flexibility index (Phi) is 9.62. The minimum absolute atomic E-state index is 0.172. The molecule has 12 heteroatoms. The van der Waals surface area contributed by atoms with Crippen molar-refractivity contribution in [2.75, 3.05) is 6.61 Å². The zero-order chi connectivity index (χ0) is 36.4. The number of ether oxygens (including phenoxy) is 6. The molecule has 0 aromatic rings. The molecule has 0 unspecified atom stereocenters. The maximum atomic E-state index is 12.1. The minimum Gasteiger partial charge on any atom is -0.392 e. The second kappa shape index (κ2) is 13.2. The Hall–Kier alpha value is -0.740. The second-order valence-corrected chi connectivity index (χ2v) is 18.3. The van der Waals surface area contributed by atoms with Crippen molar-refractivity contribution in [3.63, 3.8) is 0 Å². The molecular weight excluding hydrogens is 660 g/mol. The van der Waals surface area contributed by atoms with Crippen LogP contribution >= 0.6 is 0 Å². The highest BCUT2D eigenvalue weighted by Gasteiger charge is 2.69. The molecule has 8 rings (SSSR count). The summed E-state index contributed by atoms with van der Waals surface area (Å²) in [5.41, 5.74) is 0.976. The Bertz CT molecular complexity index is 1320. The molecule has 0 radical (unpaired) electrons. The summed E-state index contributed by atoms with van der Waals surface area (Å²) < 4.78 is 37.6. The summed E-state index contributed by atoms with van der Waals surface area (Å²) in [6.07, 6.45) is -3.92. The Balaban J connectivity index is 0.978. The van der Waals surface area contributed by atoms with E-state index in [1.807, 2.05) is 0 Å². The number of aliphatic hydroxyl groups is 6. The lowest BCUT2D eigenvalue weighted by molar-refractivity contribution is -0.367. The van der Waals surface area contributed by atoms with Crippen LogP contribution in [0.5, 0.6) is 0 Å².